The van der Waals surface area contributed by atoms with Crippen molar-refractivity contribution in [2.24, 2.45) is 23.7 Å². The van der Waals surface area contributed by atoms with Crippen LogP contribution in [-0.4, -0.2) is 48.3 Å². The number of carbonyl (C=O) groups excluding carboxylic acids is 2. The van der Waals surface area contributed by atoms with Crippen molar-refractivity contribution in [1.82, 2.24) is 35.5 Å². The first-order valence-electron chi connectivity index (χ1n) is 14.9. The van der Waals surface area contributed by atoms with Gasteiger partial charge in [-0.25, -0.2) is 27.3 Å². The normalized spacial score (nSPS) is 28.3. The topological polar surface area (TPSA) is 127 Å². The minimum Gasteiger partial charge on any atom is -0.349 e. The Balaban J connectivity index is 1.12. The van der Waals surface area contributed by atoms with E-state index in [4.69, 9.17) is 4.98 Å². The number of hydrogen-bond donors (Lipinski definition) is 2. The molecule has 42 heavy (non-hydrogen) atoms. The lowest BCUT2D eigenvalue weighted by atomic mass is 9.80. The number of aryl methyl sites for hydroxylation is 1. The van der Waals surface area contributed by atoms with Crippen LogP contribution >= 0.6 is 0 Å². The predicted octanol–water partition coefficient (Wildman–Crippen LogP) is 4.81. The molecular formula is C29H34F3N7O3. The van der Waals surface area contributed by atoms with Crippen molar-refractivity contribution in [2.75, 3.05) is 0 Å². The molecule has 224 valence electrons. The minimum atomic E-state index is -2.72. The van der Waals surface area contributed by atoms with Crippen LogP contribution in [0.1, 0.15) is 104 Å². The zero-order chi connectivity index (χ0) is 29.2. The van der Waals surface area contributed by atoms with E-state index in [-0.39, 0.29) is 55.2 Å². The molecule has 5 fully saturated rings. The number of nitrogens with one attached hydrogen (secondary N) is 2. The lowest BCUT2D eigenvalue weighted by Crippen LogP contribution is -2.37. The maximum absolute atomic E-state index is 14.3. The SMILES string of the molecule is Cc1nonc1C(=O)N[C@H](c1cn2ncc([C@H](NC(=O)CC3CC4(F)CC3C4)C3CC3)cc2n1)C1CCC(F)(F)CC1. The summed E-state index contributed by atoms with van der Waals surface area (Å²) in [6, 6.07) is 1.01. The van der Waals surface area contributed by atoms with Crippen LogP contribution in [-0.2, 0) is 4.79 Å². The second kappa shape index (κ2) is 10.0. The van der Waals surface area contributed by atoms with Crippen LogP contribution in [0.15, 0.2) is 23.1 Å². The molecule has 0 spiro atoms. The molecule has 10 nitrogen and oxygen atoms in total. The molecule has 1 unspecified atom stereocenters. The largest absolute Gasteiger partial charge is 0.349 e. The maximum atomic E-state index is 14.3. The Morgan fingerprint density at radius 3 is 2.43 bits per heavy atom. The van der Waals surface area contributed by atoms with Gasteiger partial charge in [-0.05, 0) is 92.3 Å². The summed E-state index contributed by atoms with van der Waals surface area (Å²) in [7, 11) is 0. The van der Waals surface area contributed by atoms with Crippen molar-refractivity contribution in [1.29, 1.82) is 0 Å². The smallest absolute Gasteiger partial charge is 0.276 e. The molecule has 2 bridgehead atoms. The Kier molecular flexibility index (Phi) is 6.54. The maximum Gasteiger partial charge on any atom is 0.276 e. The standard InChI is InChI=1S/C29H34F3N7O3/c1-15-24(38-42-37-15)27(41)36-26(17-4-6-29(31,32)7-5-17)21-14-39-22(34-21)8-19(13-33-39)25(16-2-3-16)35-23(40)9-18-10-28(30)11-20(18)12-28/h8,13-14,16-18,20,25-26H,2-7,9-12H2,1H3,(H,35,40)(H,36,41)/t18?,20?,25-,26+,28?/m1/s1. The highest BCUT2D eigenvalue weighted by atomic mass is 19.3. The number of hydrogen-bond acceptors (Lipinski definition) is 7. The third-order valence-electron chi connectivity index (χ3n) is 9.83. The van der Waals surface area contributed by atoms with Crippen molar-refractivity contribution in [3.63, 3.8) is 0 Å². The highest BCUT2D eigenvalue weighted by Gasteiger charge is 2.57. The van der Waals surface area contributed by atoms with Gasteiger partial charge in [-0.2, -0.15) is 5.10 Å². The van der Waals surface area contributed by atoms with Crippen molar-refractivity contribution in [2.45, 2.75) is 94.8 Å². The monoisotopic (exact) mass is 585 g/mol. The van der Waals surface area contributed by atoms with Crippen LogP contribution in [0.5, 0.6) is 0 Å². The molecule has 0 aliphatic heterocycles. The molecule has 5 saturated carbocycles. The van der Waals surface area contributed by atoms with E-state index in [1.807, 2.05) is 6.07 Å². The number of carbonyl (C=O) groups is 2. The van der Waals surface area contributed by atoms with E-state index in [0.29, 0.717) is 54.6 Å². The summed E-state index contributed by atoms with van der Waals surface area (Å²) >= 11 is 0. The third kappa shape index (κ3) is 5.26. The molecule has 2 amide bonds. The number of aromatic nitrogens is 5. The van der Waals surface area contributed by atoms with Gasteiger partial charge < -0.3 is 10.6 Å². The predicted molar refractivity (Wildman–Crippen MR) is 142 cm³/mol. The molecule has 0 radical (unpaired) electrons. The fourth-order valence-corrected chi connectivity index (χ4v) is 7.33. The molecule has 5 aliphatic rings. The van der Waals surface area contributed by atoms with Gasteiger partial charge in [0.15, 0.2) is 11.3 Å². The van der Waals surface area contributed by atoms with Crippen molar-refractivity contribution in [3.05, 3.63) is 41.1 Å². The van der Waals surface area contributed by atoms with Crippen LogP contribution < -0.4 is 10.6 Å². The summed E-state index contributed by atoms with van der Waals surface area (Å²) < 4.78 is 48.6. The second-order valence-corrected chi connectivity index (χ2v) is 13.0. The Labute approximate surface area is 240 Å². The van der Waals surface area contributed by atoms with Gasteiger partial charge in [0.1, 0.15) is 11.4 Å². The molecule has 8 rings (SSSR count). The highest BCUT2D eigenvalue weighted by molar-refractivity contribution is 5.93. The second-order valence-electron chi connectivity index (χ2n) is 13.0. The van der Waals surface area contributed by atoms with Crippen LogP contribution in [0.2, 0.25) is 0 Å². The van der Waals surface area contributed by atoms with Gasteiger partial charge >= 0.3 is 0 Å². The number of alkyl halides is 3. The van der Waals surface area contributed by atoms with E-state index in [1.165, 1.54) is 0 Å². The van der Waals surface area contributed by atoms with Gasteiger partial charge in [0.2, 0.25) is 11.8 Å². The number of rotatable bonds is 9. The molecule has 0 saturated heterocycles. The average Bonchev–Trinajstić information content (AvgIpc) is 3.23. The van der Waals surface area contributed by atoms with E-state index in [0.717, 1.165) is 18.4 Å². The first kappa shape index (κ1) is 27.3. The fourth-order valence-electron chi connectivity index (χ4n) is 7.33. The number of fused-ring (bicyclic) bond motifs is 2. The first-order chi connectivity index (χ1) is 20.1. The summed E-state index contributed by atoms with van der Waals surface area (Å²) in [5, 5.41) is 18.0. The van der Waals surface area contributed by atoms with Crippen molar-refractivity contribution in [3.8, 4) is 0 Å². The van der Waals surface area contributed by atoms with E-state index in [1.54, 1.807) is 23.8 Å². The number of amides is 2. The van der Waals surface area contributed by atoms with Crippen LogP contribution in [0, 0.1) is 30.6 Å². The summed E-state index contributed by atoms with van der Waals surface area (Å²) in [4.78, 5) is 30.8. The molecule has 3 aromatic rings. The van der Waals surface area contributed by atoms with Gasteiger partial charge in [0, 0.05) is 19.3 Å². The molecule has 3 aromatic heterocycles. The Morgan fingerprint density at radius 2 is 1.79 bits per heavy atom. The van der Waals surface area contributed by atoms with E-state index >= 15 is 0 Å². The van der Waals surface area contributed by atoms with Gasteiger partial charge in [-0.3, -0.25) is 9.59 Å². The first-order valence-corrected chi connectivity index (χ1v) is 14.9. The highest BCUT2D eigenvalue weighted by Crippen LogP contribution is 2.59. The fraction of sp³-hybridized carbons (Fsp3) is 0.655. The van der Waals surface area contributed by atoms with E-state index < -0.39 is 23.5 Å². The lowest BCUT2D eigenvalue weighted by molar-refractivity contribution is -0.123. The van der Waals surface area contributed by atoms with Crippen LogP contribution in [0.3, 0.4) is 0 Å². The molecule has 5 aliphatic carbocycles. The summed E-state index contributed by atoms with van der Waals surface area (Å²) in [6.07, 6.45) is 7.30. The Morgan fingerprint density at radius 1 is 1.05 bits per heavy atom. The lowest BCUT2D eigenvalue weighted by Gasteiger charge is -2.33. The summed E-state index contributed by atoms with van der Waals surface area (Å²) in [5.74, 6) is -2.85. The van der Waals surface area contributed by atoms with Crippen LogP contribution in [0.25, 0.3) is 5.65 Å². The molecule has 3 atom stereocenters. The van der Waals surface area contributed by atoms with Gasteiger partial charge in [-0.15, -0.1) is 0 Å². The molecular weight excluding hydrogens is 551 g/mol. The number of nitrogens with zero attached hydrogens (tertiary/aromatic N) is 5. The third-order valence-corrected chi connectivity index (χ3v) is 9.83. The summed E-state index contributed by atoms with van der Waals surface area (Å²) in [5.41, 5.74) is 1.16. The van der Waals surface area contributed by atoms with Crippen molar-refractivity contribution < 1.29 is 27.4 Å². The number of imidazole rings is 1. The zero-order valence-electron chi connectivity index (χ0n) is 23.4. The van der Waals surface area contributed by atoms with E-state index in [2.05, 4.69) is 30.7 Å². The summed E-state index contributed by atoms with van der Waals surface area (Å²) in [6.45, 7) is 1.60. The molecule has 2 N–H and O–H groups in total. The van der Waals surface area contributed by atoms with Gasteiger partial charge in [-0.1, -0.05) is 5.16 Å². The Bertz CT molecular complexity index is 1500. The number of halogens is 3. The van der Waals surface area contributed by atoms with Crippen LogP contribution in [0.4, 0.5) is 13.2 Å². The van der Waals surface area contributed by atoms with E-state index in [9.17, 15) is 22.8 Å². The minimum absolute atomic E-state index is 0.0322. The quantitative estimate of drug-likeness (QED) is 0.369. The Hall–Kier alpha value is -3.51. The van der Waals surface area contributed by atoms with Crippen molar-refractivity contribution >= 4 is 17.5 Å². The molecule has 0 aromatic carbocycles. The van der Waals surface area contributed by atoms with Gasteiger partial charge in [0.05, 0.1) is 30.2 Å². The average molecular weight is 586 g/mol. The molecule has 13 heteroatoms. The van der Waals surface area contributed by atoms with Gasteiger partial charge in [0.25, 0.3) is 5.91 Å². The molecule has 3 heterocycles. The zero-order valence-corrected chi connectivity index (χ0v) is 23.4.